The van der Waals surface area contributed by atoms with Gasteiger partial charge >= 0.3 is 0 Å². The Hall–Kier alpha value is -2.11. The van der Waals surface area contributed by atoms with Crippen LogP contribution in [0.2, 0.25) is 0 Å². The first kappa shape index (κ1) is 17.7. The number of aromatic nitrogens is 1. The second-order valence-corrected chi connectivity index (χ2v) is 6.93. The largest absolute Gasteiger partial charge is 0.490 e. The van der Waals surface area contributed by atoms with E-state index in [0.717, 1.165) is 27.5 Å². The highest BCUT2D eigenvalue weighted by molar-refractivity contribution is 9.10. The molecule has 0 spiro atoms. The average molecular weight is 401 g/mol. The van der Waals surface area contributed by atoms with E-state index in [1.807, 2.05) is 50.2 Å². The molecular weight excluding hydrogens is 380 g/mol. The summed E-state index contributed by atoms with van der Waals surface area (Å²) in [7, 11) is 0. The molecule has 0 saturated heterocycles. The van der Waals surface area contributed by atoms with Crippen LogP contribution in [0.15, 0.2) is 53.0 Å². The zero-order valence-electron chi connectivity index (χ0n) is 14.3. The van der Waals surface area contributed by atoms with Crippen LogP contribution >= 0.6 is 15.9 Å². The highest BCUT2D eigenvalue weighted by Crippen LogP contribution is 2.32. The van der Waals surface area contributed by atoms with Crippen molar-refractivity contribution in [3.05, 3.63) is 58.6 Å². The van der Waals surface area contributed by atoms with Crippen LogP contribution in [-0.4, -0.2) is 17.6 Å². The van der Waals surface area contributed by atoms with Crippen LogP contribution in [0.25, 0.3) is 10.9 Å². The Morgan fingerprint density at radius 3 is 2.64 bits per heavy atom. The van der Waals surface area contributed by atoms with Crippen molar-refractivity contribution in [2.45, 2.75) is 26.4 Å². The van der Waals surface area contributed by atoms with Crippen molar-refractivity contribution in [2.24, 2.45) is 5.73 Å². The lowest BCUT2D eigenvalue weighted by molar-refractivity contribution is 0.240. The fourth-order valence-corrected chi connectivity index (χ4v) is 3.00. The number of rotatable bonds is 6. The van der Waals surface area contributed by atoms with Crippen molar-refractivity contribution >= 4 is 26.8 Å². The summed E-state index contributed by atoms with van der Waals surface area (Å²) in [6.07, 6.45) is 0.988. The molecule has 0 bridgehead atoms. The molecule has 0 unspecified atom stereocenters. The van der Waals surface area contributed by atoms with Gasteiger partial charge in [0.2, 0.25) is 5.88 Å². The van der Waals surface area contributed by atoms with E-state index in [1.165, 1.54) is 5.56 Å². The number of benzene rings is 2. The molecule has 0 saturated carbocycles. The van der Waals surface area contributed by atoms with Crippen LogP contribution in [0.4, 0.5) is 0 Å². The van der Waals surface area contributed by atoms with Crippen molar-refractivity contribution in [1.29, 1.82) is 0 Å². The molecule has 2 N–H and O–H groups in total. The van der Waals surface area contributed by atoms with E-state index in [9.17, 15) is 0 Å². The maximum atomic E-state index is 5.89. The van der Waals surface area contributed by atoms with Crippen LogP contribution in [0.5, 0.6) is 17.4 Å². The quantitative estimate of drug-likeness (QED) is 0.626. The van der Waals surface area contributed by atoms with Crippen LogP contribution < -0.4 is 15.2 Å². The van der Waals surface area contributed by atoms with Crippen LogP contribution in [0.1, 0.15) is 19.4 Å². The highest BCUT2D eigenvalue weighted by Gasteiger charge is 2.07. The smallest absolute Gasteiger partial charge is 0.219 e. The SMILES string of the molecule is CC(C)Oc1ccc(Oc2ccc3cc(CCN)ccc3n2)cc1Br. The van der Waals surface area contributed by atoms with E-state index >= 15 is 0 Å². The molecule has 0 fully saturated rings. The molecule has 25 heavy (non-hydrogen) atoms. The third-order valence-corrected chi connectivity index (χ3v) is 4.27. The first-order chi connectivity index (χ1) is 12.0. The van der Waals surface area contributed by atoms with Crippen LogP contribution in [0.3, 0.4) is 0 Å². The summed E-state index contributed by atoms with van der Waals surface area (Å²) in [4.78, 5) is 4.57. The molecule has 130 valence electrons. The minimum Gasteiger partial charge on any atom is -0.490 e. The van der Waals surface area contributed by atoms with Gasteiger partial charge in [0.1, 0.15) is 11.5 Å². The van der Waals surface area contributed by atoms with Gasteiger partial charge < -0.3 is 15.2 Å². The number of pyridine rings is 1. The summed E-state index contributed by atoms with van der Waals surface area (Å²) in [5.41, 5.74) is 7.73. The van der Waals surface area contributed by atoms with E-state index in [-0.39, 0.29) is 6.10 Å². The molecule has 1 heterocycles. The summed E-state index contributed by atoms with van der Waals surface area (Å²) >= 11 is 3.52. The highest BCUT2D eigenvalue weighted by atomic mass is 79.9. The molecule has 0 aliphatic carbocycles. The van der Waals surface area contributed by atoms with Crippen molar-refractivity contribution < 1.29 is 9.47 Å². The van der Waals surface area contributed by atoms with Gasteiger partial charge in [0.15, 0.2) is 0 Å². The number of nitrogens with zero attached hydrogens (tertiary/aromatic N) is 1. The average Bonchev–Trinajstić information content (AvgIpc) is 2.57. The number of nitrogens with two attached hydrogens (primary N) is 1. The van der Waals surface area contributed by atoms with Crippen molar-refractivity contribution in [3.8, 4) is 17.4 Å². The van der Waals surface area contributed by atoms with Gasteiger partial charge in [-0.2, -0.15) is 0 Å². The Bertz CT molecular complexity index is 881. The summed E-state index contributed by atoms with van der Waals surface area (Å²) in [5.74, 6) is 2.05. The number of hydrogen-bond donors (Lipinski definition) is 1. The minimum absolute atomic E-state index is 0.120. The number of fused-ring (bicyclic) bond motifs is 1. The summed E-state index contributed by atoms with van der Waals surface area (Å²) in [5, 5.41) is 1.08. The van der Waals surface area contributed by atoms with E-state index < -0.39 is 0 Å². The van der Waals surface area contributed by atoms with Gasteiger partial charge in [-0.25, -0.2) is 4.98 Å². The zero-order chi connectivity index (χ0) is 17.8. The molecule has 1 aromatic heterocycles. The molecule has 4 nitrogen and oxygen atoms in total. The lowest BCUT2D eigenvalue weighted by Gasteiger charge is -2.13. The molecule has 0 aliphatic rings. The Morgan fingerprint density at radius 2 is 1.92 bits per heavy atom. The molecule has 2 aromatic carbocycles. The molecule has 3 aromatic rings. The van der Waals surface area contributed by atoms with Gasteiger partial charge in [-0.1, -0.05) is 6.07 Å². The standard InChI is InChI=1S/C20H21BrN2O2/c1-13(2)24-19-7-5-16(12-17(19)21)25-20-8-4-15-11-14(9-10-22)3-6-18(15)23-20/h3-8,11-13H,9-10,22H2,1-2H3. The van der Waals surface area contributed by atoms with E-state index in [2.05, 4.69) is 33.0 Å². The fraction of sp³-hybridized carbons (Fsp3) is 0.250. The van der Waals surface area contributed by atoms with Gasteiger partial charge in [0.25, 0.3) is 0 Å². The predicted molar refractivity (Wildman–Crippen MR) is 104 cm³/mol. The van der Waals surface area contributed by atoms with Gasteiger partial charge in [-0.05, 0) is 84.7 Å². The Labute approximate surface area is 156 Å². The summed E-state index contributed by atoms with van der Waals surface area (Å²) < 4.78 is 12.5. The van der Waals surface area contributed by atoms with Gasteiger partial charge in [0.05, 0.1) is 16.1 Å². The number of hydrogen-bond acceptors (Lipinski definition) is 4. The molecule has 0 aliphatic heterocycles. The minimum atomic E-state index is 0.120. The zero-order valence-corrected chi connectivity index (χ0v) is 15.9. The first-order valence-corrected chi connectivity index (χ1v) is 9.08. The van der Waals surface area contributed by atoms with E-state index in [0.29, 0.717) is 18.2 Å². The van der Waals surface area contributed by atoms with E-state index in [4.69, 9.17) is 15.2 Å². The lowest BCUT2D eigenvalue weighted by Crippen LogP contribution is -2.05. The Morgan fingerprint density at radius 1 is 1.08 bits per heavy atom. The third-order valence-electron chi connectivity index (χ3n) is 3.65. The van der Waals surface area contributed by atoms with Gasteiger partial charge in [-0.15, -0.1) is 0 Å². The second kappa shape index (κ2) is 7.85. The van der Waals surface area contributed by atoms with Crippen LogP contribution in [-0.2, 0) is 6.42 Å². The molecular formula is C20H21BrN2O2. The monoisotopic (exact) mass is 400 g/mol. The second-order valence-electron chi connectivity index (χ2n) is 6.08. The summed E-state index contributed by atoms with van der Waals surface area (Å²) in [6, 6.07) is 15.7. The number of halogens is 1. The van der Waals surface area contributed by atoms with Crippen molar-refractivity contribution in [2.75, 3.05) is 6.54 Å². The topological polar surface area (TPSA) is 57.4 Å². The maximum absolute atomic E-state index is 5.89. The predicted octanol–water partition coefficient (Wildman–Crippen LogP) is 5.08. The third kappa shape index (κ3) is 4.50. The fourth-order valence-electron chi connectivity index (χ4n) is 2.55. The van der Waals surface area contributed by atoms with Crippen LogP contribution in [0, 0.1) is 0 Å². The lowest BCUT2D eigenvalue weighted by atomic mass is 10.1. The van der Waals surface area contributed by atoms with Gasteiger partial charge in [0, 0.05) is 11.5 Å². The van der Waals surface area contributed by atoms with Crippen molar-refractivity contribution in [1.82, 2.24) is 4.98 Å². The molecule has 0 radical (unpaired) electrons. The van der Waals surface area contributed by atoms with Crippen molar-refractivity contribution in [3.63, 3.8) is 0 Å². The maximum Gasteiger partial charge on any atom is 0.219 e. The number of ether oxygens (including phenoxy) is 2. The Kier molecular flexibility index (Phi) is 5.56. The first-order valence-electron chi connectivity index (χ1n) is 8.29. The Balaban J connectivity index is 1.80. The molecule has 3 rings (SSSR count). The van der Waals surface area contributed by atoms with Gasteiger partial charge in [-0.3, -0.25) is 0 Å². The molecule has 5 heteroatoms. The molecule has 0 atom stereocenters. The summed E-state index contributed by atoms with van der Waals surface area (Å²) in [6.45, 7) is 4.63. The molecule has 0 amide bonds. The normalized spacial score (nSPS) is 11.1. The van der Waals surface area contributed by atoms with E-state index in [1.54, 1.807) is 0 Å².